The van der Waals surface area contributed by atoms with E-state index in [0.29, 0.717) is 18.6 Å². The fourth-order valence-corrected chi connectivity index (χ4v) is 4.37. The van der Waals surface area contributed by atoms with Gasteiger partial charge in [-0.15, -0.1) is 0 Å². The number of amides is 1. The van der Waals surface area contributed by atoms with E-state index in [-0.39, 0.29) is 25.8 Å². The topological polar surface area (TPSA) is 102 Å². The predicted molar refractivity (Wildman–Crippen MR) is 116 cm³/mol. The molecule has 2 atom stereocenters. The number of aliphatic carboxylic acids is 1. The van der Waals surface area contributed by atoms with Crippen LogP contribution in [0, 0.1) is 0 Å². The minimum atomic E-state index is -3.65. The largest absolute Gasteiger partial charge is 0.480 e. The van der Waals surface area contributed by atoms with E-state index in [1.165, 1.54) is 0 Å². The first kappa shape index (κ1) is 24.6. The SMILES string of the molecule is CCCCOP(=O)(CCC(C(=O)O)N(C=O)OCc1ccccc1)Oc1ccccc1. The summed E-state index contributed by atoms with van der Waals surface area (Å²) in [5, 5.41) is 10.4. The first-order valence-corrected chi connectivity index (χ1v) is 11.8. The molecule has 8 nitrogen and oxygen atoms in total. The summed E-state index contributed by atoms with van der Waals surface area (Å²) in [7, 11) is -3.65. The van der Waals surface area contributed by atoms with Gasteiger partial charge in [0.25, 0.3) is 0 Å². The van der Waals surface area contributed by atoms with E-state index in [1.807, 2.05) is 25.1 Å². The molecule has 0 heterocycles. The molecular formula is C22H28NO7P. The van der Waals surface area contributed by atoms with Crippen LogP contribution in [0.25, 0.3) is 0 Å². The summed E-state index contributed by atoms with van der Waals surface area (Å²) < 4.78 is 24.4. The van der Waals surface area contributed by atoms with Gasteiger partial charge in [-0.05, 0) is 30.5 Å². The molecule has 0 spiro atoms. The fourth-order valence-electron chi connectivity index (χ4n) is 2.68. The molecule has 0 saturated heterocycles. The van der Waals surface area contributed by atoms with Crippen molar-refractivity contribution < 1.29 is 33.1 Å². The lowest BCUT2D eigenvalue weighted by Crippen LogP contribution is -2.41. The van der Waals surface area contributed by atoms with Crippen LogP contribution in [0.4, 0.5) is 0 Å². The van der Waals surface area contributed by atoms with Crippen molar-refractivity contribution in [3.8, 4) is 5.75 Å². The van der Waals surface area contributed by atoms with Crippen LogP contribution in [-0.4, -0.2) is 41.4 Å². The first-order chi connectivity index (χ1) is 15.0. The van der Waals surface area contributed by atoms with Crippen LogP contribution >= 0.6 is 7.60 Å². The maximum Gasteiger partial charge on any atom is 0.379 e. The number of nitrogens with zero attached hydrogens (tertiary/aromatic N) is 1. The lowest BCUT2D eigenvalue weighted by Gasteiger charge is -2.26. The van der Waals surface area contributed by atoms with E-state index in [1.54, 1.807) is 42.5 Å². The first-order valence-electron chi connectivity index (χ1n) is 10.1. The van der Waals surface area contributed by atoms with Gasteiger partial charge < -0.3 is 9.63 Å². The minimum absolute atomic E-state index is 0.0224. The van der Waals surface area contributed by atoms with Gasteiger partial charge in [-0.2, -0.15) is 0 Å². The smallest absolute Gasteiger partial charge is 0.379 e. The van der Waals surface area contributed by atoms with Crippen molar-refractivity contribution >= 4 is 20.0 Å². The quantitative estimate of drug-likeness (QED) is 0.185. The highest BCUT2D eigenvalue weighted by Gasteiger charge is 2.33. The molecule has 0 saturated carbocycles. The second-order valence-corrected chi connectivity index (χ2v) is 8.90. The third kappa shape index (κ3) is 8.53. The van der Waals surface area contributed by atoms with Gasteiger partial charge in [-0.1, -0.05) is 61.9 Å². The van der Waals surface area contributed by atoms with Crippen molar-refractivity contribution in [2.75, 3.05) is 12.8 Å². The Hall–Kier alpha value is -2.67. The minimum Gasteiger partial charge on any atom is -0.480 e. The van der Waals surface area contributed by atoms with E-state index in [2.05, 4.69) is 0 Å². The highest BCUT2D eigenvalue weighted by atomic mass is 31.2. The Balaban J connectivity index is 2.07. The molecule has 1 amide bonds. The number of carbonyl (C=O) groups excluding carboxylic acids is 1. The van der Waals surface area contributed by atoms with Crippen LogP contribution in [-0.2, 0) is 30.1 Å². The van der Waals surface area contributed by atoms with Crippen molar-refractivity contribution in [2.45, 2.75) is 38.8 Å². The van der Waals surface area contributed by atoms with Crippen molar-refractivity contribution in [2.24, 2.45) is 0 Å². The Morgan fingerprint density at radius 3 is 2.35 bits per heavy atom. The van der Waals surface area contributed by atoms with Gasteiger partial charge in [-0.3, -0.25) is 14.2 Å². The summed E-state index contributed by atoms with van der Waals surface area (Å²) in [4.78, 5) is 28.7. The molecule has 2 aromatic rings. The zero-order chi connectivity index (χ0) is 22.5. The van der Waals surface area contributed by atoms with Crippen LogP contribution in [0.3, 0.4) is 0 Å². The second kappa shape index (κ2) is 12.9. The number of carbonyl (C=O) groups is 2. The van der Waals surface area contributed by atoms with Crippen molar-refractivity contribution in [3.63, 3.8) is 0 Å². The predicted octanol–water partition coefficient (Wildman–Crippen LogP) is 4.51. The van der Waals surface area contributed by atoms with Gasteiger partial charge in [0.1, 0.15) is 12.4 Å². The summed E-state index contributed by atoms with van der Waals surface area (Å²) >= 11 is 0. The number of hydrogen-bond acceptors (Lipinski definition) is 6. The molecule has 0 aromatic heterocycles. The molecule has 1 N–H and O–H groups in total. The summed E-state index contributed by atoms with van der Waals surface area (Å²) in [5.41, 5.74) is 0.777. The lowest BCUT2D eigenvalue weighted by atomic mass is 10.2. The molecule has 2 aromatic carbocycles. The third-order valence-corrected chi connectivity index (χ3v) is 6.24. The number of para-hydroxylation sites is 1. The number of carboxylic acid groups (broad SMARTS) is 1. The summed E-state index contributed by atoms with van der Waals surface area (Å²) in [6.07, 6.45) is 1.48. The van der Waals surface area contributed by atoms with Gasteiger partial charge >= 0.3 is 13.6 Å². The van der Waals surface area contributed by atoms with Crippen LogP contribution < -0.4 is 4.52 Å². The molecule has 0 aliphatic carbocycles. The van der Waals surface area contributed by atoms with Gasteiger partial charge in [0.05, 0.1) is 12.8 Å². The van der Waals surface area contributed by atoms with Gasteiger partial charge in [0, 0.05) is 0 Å². The number of unbranched alkanes of at least 4 members (excludes halogenated alkanes) is 1. The van der Waals surface area contributed by atoms with E-state index < -0.39 is 19.6 Å². The number of hydrogen-bond donors (Lipinski definition) is 1. The zero-order valence-electron chi connectivity index (χ0n) is 17.5. The Bertz CT molecular complexity index is 847. The summed E-state index contributed by atoms with van der Waals surface area (Å²) in [6, 6.07) is 16.2. The molecule has 2 rings (SSSR count). The molecule has 0 fully saturated rings. The molecular weight excluding hydrogens is 421 g/mol. The lowest BCUT2D eigenvalue weighted by molar-refractivity contribution is -0.201. The standard InChI is InChI=1S/C22H28NO7P/c1-2-3-15-29-31(27,30-20-12-8-5-9-13-20)16-14-21(22(25)26)23(18-24)28-17-19-10-6-4-7-11-19/h4-13,18,21H,2-3,14-17H2,1H3,(H,25,26). The normalized spacial score (nSPS) is 13.7. The van der Waals surface area contributed by atoms with Gasteiger partial charge in [0.2, 0.25) is 6.41 Å². The Kier molecular flexibility index (Phi) is 10.2. The average Bonchev–Trinajstić information content (AvgIpc) is 2.77. The number of rotatable bonds is 15. The molecule has 9 heteroatoms. The molecule has 0 radical (unpaired) electrons. The molecule has 0 aliphatic heterocycles. The third-order valence-electron chi connectivity index (χ3n) is 4.37. The van der Waals surface area contributed by atoms with Crippen LogP contribution in [0.5, 0.6) is 5.75 Å². The Morgan fingerprint density at radius 2 is 1.77 bits per heavy atom. The highest BCUT2D eigenvalue weighted by molar-refractivity contribution is 7.54. The van der Waals surface area contributed by atoms with E-state index >= 15 is 0 Å². The second-order valence-electron chi connectivity index (χ2n) is 6.79. The van der Waals surface area contributed by atoms with Crippen molar-refractivity contribution in [1.82, 2.24) is 5.06 Å². The van der Waals surface area contributed by atoms with Crippen molar-refractivity contribution in [3.05, 3.63) is 66.2 Å². The van der Waals surface area contributed by atoms with E-state index in [4.69, 9.17) is 13.9 Å². The Labute approximate surface area is 182 Å². The van der Waals surface area contributed by atoms with Crippen molar-refractivity contribution in [1.29, 1.82) is 0 Å². The Morgan fingerprint density at radius 1 is 1.13 bits per heavy atom. The molecule has 0 aliphatic rings. The molecule has 168 valence electrons. The van der Waals surface area contributed by atoms with Gasteiger partial charge in [-0.25, -0.2) is 14.4 Å². The highest BCUT2D eigenvalue weighted by Crippen LogP contribution is 2.49. The maximum absolute atomic E-state index is 13.3. The van der Waals surface area contributed by atoms with Crippen LogP contribution in [0.15, 0.2) is 60.7 Å². The maximum atomic E-state index is 13.3. The van der Waals surface area contributed by atoms with E-state index in [9.17, 15) is 19.3 Å². The molecule has 2 unspecified atom stereocenters. The number of carboxylic acids is 1. The number of benzene rings is 2. The van der Waals surface area contributed by atoms with E-state index in [0.717, 1.165) is 17.0 Å². The molecule has 0 bridgehead atoms. The molecule has 31 heavy (non-hydrogen) atoms. The monoisotopic (exact) mass is 449 g/mol. The zero-order valence-corrected chi connectivity index (χ0v) is 18.4. The van der Waals surface area contributed by atoms with Gasteiger partial charge in [0.15, 0.2) is 6.04 Å². The summed E-state index contributed by atoms with van der Waals surface area (Å²) in [6.45, 7) is 2.22. The fraction of sp³-hybridized carbons (Fsp3) is 0.364. The van der Waals surface area contributed by atoms with Crippen LogP contribution in [0.1, 0.15) is 31.7 Å². The number of hydroxylamine groups is 2. The summed E-state index contributed by atoms with van der Waals surface area (Å²) in [5.74, 6) is -0.915. The average molecular weight is 449 g/mol. The van der Waals surface area contributed by atoms with Crippen LogP contribution in [0.2, 0.25) is 0 Å².